The molecule has 1 rings (SSSR count). The van der Waals surface area contributed by atoms with Crippen molar-refractivity contribution in [1.29, 1.82) is 0 Å². The first-order valence-electron chi connectivity index (χ1n) is 4.28. The first-order valence-corrected chi connectivity index (χ1v) is 5.26. The molecule has 0 bridgehead atoms. The van der Waals surface area contributed by atoms with Crippen LogP contribution in [0.4, 0.5) is 0 Å². The van der Waals surface area contributed by atoms with E-state index in [4.69, 9.17) is 23.2 Å². The molecule has 1 heterocycles. The topological polar surface area (TPSA) is 3.24 Å². The molecule has 11 heavy (non-hydrogen) atoms. The van der Waals surface area contributed by atoms with Gasteiger partial charge in [0, 0.05) is 5.88 Å². The largest absolute Gasteiger partial charge is 0.287 e. The first-order chi connectivity index (χ1) is 5.34. The van der Waals surface area contributed by atoms with Gasteiger partial charge in [0.05, 0.1) is 5.50 Å². The molecule has 1 aliphatic heterocycles. The fraction of sp³-hybridized carbons (Fsp3) is 1.00. The van der Waals surface area contributed by atoms with Crippen molar-refractivity contribution in [1.82, 2.24) is 4.90 Å². The molecule has 1 nitrogen and oxygen atoms in total. The van der Waals surface area contributed by atoms with E-state index >= 15 is 0 Å². The Morgan fingerprint density at radius 3 is 2.36 bits per heavy atom. The predicted molar refractivity (Wildman–Crippen MR) is 50.4 cm³/mol. The number of likely N-dealkylation sites (tertiary alicyclic amines) is 1. The molecular formula is C8H15Cl2N. The molecule has 0 radical (unpaired) electrons. The number of alkyl halides is 2. The lowest BCUT2D eigenvalue weighted by Gasteiger charge is -2.30. The van der Waals surface area contributed by atoms with Gasteiger partial charge in [-0.3, -0.25) is 4.90 Å². The van der Waals surface area contributed by atoms with Crippen molar-refractivity contribution in [3.8, 4) is 0 Å². The van der Waals surface area contributed by atoms with Gasteiger partial charge in [-0.25, -0.2) is 0 Å². The van der Waals surface area contributed by atoms with Crippen LogP contribution in [0.2, 0.25) is 0 Å². The molecule has 1 aliphatic rings. The summed E-state index contributed by atoms with van der Waals surface area (Å²) in [6, 6.07) is 0. The summed E-state index contributed by atoms with van der Waals surface area (Å²) >= 11 is 11.7. The number of rotatable bonds is 3. The Balaban J connectivity index is 2.21. The summed E-state index contributed by atoms with van der Waals surface area (Å²) < 4.78 is 0. The lowest BCUT2D eigenvalue weighted by molar-refractivity contribution is 0.206. The Morgan fingerprint density at radius 1 is 1.18 bits per heavy atom. The highest BCUT2D eigenvalue weighted by molar-refractivity contribution is 6.22. The standard InChI is InChI=1S/C8H15Cl2N/c9-5-4-8(10)11-6-2-1-3-7-11/h8H,1-7H2. The lowest BCUT2D eigenvalue weighted by atomic mass is 10.1. The third-order valence-corrected chi connectivity index (χ3v) is 2.85. The zero-order valence-corrected chi connectivity index (χ0v) is 8.24. The predicted octanol–water partition coefficient (Wildman–Crippen LogP) is 2.67. The Morgan fingerprint density at radius 2 is 1.82 bits per heavy atom. The second-order valence-electron chi connectivity index (χ2n) is 3.01. The number of hydrogen-bond donors (Lipinski definition) is 0. The zero-order valence-electron chi connectivity index (χ0n) is 6.73. The van der Waals surface area contributed by atoms with E-state index < -0.39 is 0 Å². The van der Waals surface area contributed by atoms with Crippen LogP contribution in [0.15, 0.2) is 0 Å². The molecule has 1 unspecified atom stereocenters. The molecule has 1 fully saturated rings. The van der Waals surface area contributed by atoms with E-state index in [2.05, 4.69) is 4.90 Å². The van der Waals surface area contributed by atoms with Gasteiger partial charge in [0.1, 0.15) is 0 Å². The van der Waals surface area contributed by atoms with E-state index in [1.54, 1.807) is 0 Å². The number of hydrogen-bond acceptors (Lipinski definition) is 1. The van der Waals surface area contributed by atoms with Crippen molar-refractivity contribution in [3.05, 3.63) is 0 Å². The van der Waals surface area contributed by atoms with E-state index in [0.29, 0.717) is 5.88 Å². The molecule has 1 atom stereocenters. The number of piperidine rings is 1. The summed E-state index contributed by atoms with van der Waals surface area (Å²) in [6.45, 7) is 2.32. The molecule has 0 N–H and O–H groups in total. The summed E-state index contributed by atoms with van der Waals surface area (Å²) in [6.07, 6.45) is 4.86. The molecule has 3 heteroatoms. The highest BCUT2D eigenvalue weighted by atomic mass is 35.5. The molecule has 0 saturated carbocycles. The van der Waals surface area contributed by atoms with Gasteiger partial charge >= 0.3 is 0 Å². The smallest absolute Gasteiger partial charge is 0.0861 e. The van der Waals surface area contributed by atoms with E-state index in [1.807, 2.05) is 0 Å². The van der Waals surface area contributed by atoms with E-state index in [9.17, 15) is 0 Å². The molecule has 0 spiro atoms. The second-order valence-corrected chi connectivity index (χ2v) is 3.89. The van der Waals surface area contributed by atoms with Crippen molar-refractivity contribution >= 4 is 23.2 Å². The van der Waals surface area contributed by atoms with Crippen LogP contribution in [0.1, 0.15) is 25.7 Å². The van der Waals surface area contributed by atoms with Crippen LogP contribution in [-0.2, 0) is 0 Å². The third-order valence-electron chi connectivity index (χ3n) is 2.13. The second kappa shape index (κ2) is 5.23. The van der Waals surface area contributed by atoms with Gasteiger partial charge in [0.2, 0.25) is 0 Å². The van der Waals surface area contributed by atoms with Gasteiger partial charge in [0.25, 0.3) is 0 Å². The molecular weight excluding hydrogens is 181 g/mol. The monoisotopic (exact) mass is 195 g/mol. The van der Waals surface area contributed by atoms with E-state index in [1.165, 1.54) is 19.3 Å². The van der Waals surface area contributed by atoms with Crippen LogP contribution in [0.3, 0.4) is 0 Å². The van der Waals surface area contributed by atoms with Crippen molar-refractivity contribution in [3.63, 3.8) is 0 Å². The van der Waals surface area contributed by atoms with Gasteiger partial charge in [-0.05, 0) is 32.4 Å². The van der Waals surface area contributed by atoms with Gasteiger partial charge in [0.15, 0.2) is 0 Å². The van der Waals surface area contributed by atoms with Crippen LogP contribution in [0.5, 0.6) is 0 Å². The first kappa shape index (κ1) is 9.63. The van der Waals surface area contributed by atoms with Gasteiger partial charge in [-0.1, -0.05) is 6.42 Å². The van der Waals surface area contributed by atoms with Gasteiger partial charge in [-0.2, -0.15) is 0 Å². The Hall–Kier alpha value is 0.540. The average Bonchev–Trinajstić information content (AvgIpc) is 2.07. The number of nitrogens with zero attached hydrogens (tertiary/aromatic N) is 1. The van der Waals surface area contributed by atoms with Crippen LogP contribution in [0, 0.1) is 0 Å². The fourth-order valence-corrected chi connectivity index (χ4v) is 2.09. The summed E-state index contributed by atoms with van der Waals surface area (Å²) in [5.74, 6) is 0.671. The minimum absolute atomic E-state index is 0.174. The minimum atomic E-state index is 0.174. The van der Waals surface area contributed by atoms with Crippen LogP contribution >= 0.6 is 23.2 Å². The summed E-state index contributed by atoms with van der Waals surface area (Å²) in [7, 11) is 0. The Kier molecular flexibility index (Phi) is 4.58. The lowest BCUT2D eigenvalue weighted by Crippen LogP contribution is -2.36. The van der Waals surface area contributed by atoms with Crippen LogP contribution in [0.25, 0.3) is 0 Å². The van der Waals surface area contributed by atoms with Crippen molar-refractivity contribution in [2.75, 3.05) is 19.0 Å². The summed E-state index contributed by atoms with van der Waals surface area (Å²) in [5, 5.41) is 0. The van der Waals surface area contributed by atoms with E-state index in [0.717, 1.165) is 19.5 Å². The maximum atomic E-state index is 6.10. The van der Waals surface area contributed by atoms with Crippen molar-refractivity contribution in [2.45, 2.75) is 31.2 Å². The minimum Gasteiger partial charge on any atom is -0.287 e. The molecule has 0 aliphatic carbocycles. The fourth-order valence-electron chi connectivity index (χ4n) is 1.47. The van der Waals surface area contributed by atoms with E-state index in [-0.39, 0.29) is 5.50 Å². The molecule has 0 aromatic rings. The van der Waals surface area contributed by atoms with Crippen molar-refractivity contribution < 1.29 is 0 Å². The molecule has 0 aromatic carbocycles. The third kappa shape index (κ3) is 3.18. The summed E-state index contributed by atoms with van der Waals surface area (Å²) in [4.78, 5) is 2.33. The Bertz CT molecular complexity index is 102. The van der Waals surface area contributed by atoms with Crippen LogP contribution < -0.4 is 0 Å². The highest BCUT2D eigenvalue weighted by Crippen LogP contribution is 2.16. The molecule has 0 amide bonds. The SMILES string of the molecule is ClCCC(Cl)N1CCCCC1. The average molecular weight is 196 g/mol. The van der Waals surface area contributed by atoms with Gasteiger partial charge < -0.3 is 0 Å². The van der Waals surface area contributed by atoms with Crippen LogP contribution in [-0.4, -0.2) is 29.4 Å². The summed E-state index contributed by atoms with van der Waals surface area (Å²) in [5.41, 5.74) is 0.174. The number of halogens is 2. The zero-order chi connectivity index (χ0) is 8.10. The highest BCUT2D eigenvalue weighted by Gasteiger charge is 2.16. The maximum absolute atomic E-state index is 6.10. The van der Waals surface area contributed by atoms with Crippen molar-refractivity contribution in [2.24, 2.45) is 0 Å². The van der Waals surface area contributed by atoms with Gasteiger partial charge in [-0.15, -0.1) is 23.2 Å². The quantitative estimate of drug-likeness (QED) is 0.495. The maximum Gasteiger partial charge on any atom is 0.0861 e. The molecule has 0 aromatic heterocycles. The Labute approximate surface area is 78.7 Å². The molecule has 66 valence electrons. The molecule has 1 saturated heterocycles. The normalized spacial score (nSPS) is 23.5.